The van der Waals surface area contributed by atoms with Gasteiger partial charge in [0.05, 0.1) is 13.7 Å². The zero-order valence-electron chi connectivity index (χ0n) is 18.0. The van der Waals surface area contributed by atoms with Gasteiger partial charge in [0.1, 0.15) is 18.1 Å². The molecule has 0 unspecified atom stereocenters. The smallest absolute Gasteiger partial charge is 0.411 e. The fraction of sp³-hybridized carbons (Fsp3) is 0.391. The highest BCUT2D eigenvalue weighted by Gasteiger charge is 2.22. The molecule has 0 atom stereocenters. The average Bonchev–Trinajstić information content (AvgIpc) is 2.80. The Morgan fingerprint density at radius 1 is 0.935 bits per heavy atom. The molecule has 0 radical (unpaired) electrons. The lowest BCUT2D eigenvalue weighted by Crippen LogP contribution is -2.49. The second kappa shape index (κ2) is 11.2. The number of hydrogen-bond donors (Lipinski definition) is 1. The van der Waals surface area contributed by atoms with Gasteiger partial charge in [-0.25, -0.2) is 4.79 Å². The zero-order valence-corrected chi connectivity index (χ0v) is 18.0. The maximum absolute atomic E-state index is 12.8. The van der Waals surface area contributed by atoms with Crippen molar-refractivity contribution in [3.63, 3.8) is 0 Å². The highest BCUT2D eigenvalue weighted by molar-refractivity contribution is 5.95. The normalized spacial score (nSPS) is 14.1. The van der Waals surface area contributed by atoms with Crippen LogP contribution in [0.1, 0.15) is 17.3 Å². The van der Waals surface area contributed by atoms with Crippen molar-refractivity contribution in [2.24, 2.45) is 0 Å². The van der Waals surface area contributed by atoms with Gasteiger partial charge in [0, 0.05) is 44.0 Å². The number of nitrogens with zero attached hydrogens (tertiary/aromatic N) is 2. The van der Waals surface area contributed by atoms with Crippen molar-refractivity contribution in [3.05, 3.63) is 54.1 Å². The van der Waals surface area contributed by atoms with Crippen LogP contribution in [0.15, 0.2) is 48.5 Å². The molecule has 0 bridgehead atoms. The molecule has 31 heavy (non-hydrogen) atoms. The number of carbonyl (C=O) groups excluding carboxylic acids is 2. The van der Waals surface area contributed by atoms with Crippen molar-refractivity contribution in [1.29, 1.82) is 0 Å². The molecule has 1 aliphatic heterocycles. The first-order chi connectivity index (χ1) is 15.1. The van der Waals surface area contributed by atoms with Crippen molar-refractivity contribution in [2.75, 3.05) is 58.4 Å². The molecule has 1 saturated heterocycles. The van der Waals surface area contributed by atoms with Crippen LogP contribution in [0, 0.1) is 0 Å². The van der Waals surface area contributed by atoms with Crippen LogP contribution in [0.25, 0.3) is 0 Å². The van der Waals surface area contributed by atoms with Crippen LogP contribution in [0.5, 0.6) is 11.5 Å². The van der Waals surface area contributed by atoms with E-state index in [1.807, 2.05) is 29.2 Å². The first-order valence-electron chi connectivity index (χ1n) is 10.4. The highest BCUT2D eigenvalue weighted by Crippen LogP contribution is 2.17. The van der Waals surface area contributed by atoms with E-state index in [0.29, 0.717) is 37.6 Å². The van der Waals surface area contributed by atoms with Gasteiger partial charge in [-0.05, 0) is 55.5 Å². The largest absolute Gasteiger partial charge is 0.497 e. The summed E-state index contributed by atoms with van der Waals surface area (Å²) in [5, 5.41) is 2.62. The van der Waals surface area contributed by atoms with E-state index < -0.39 is 6.09 Å². The van der Waals surface area contributed by atoms with E-state index in [4.69, 9.17) is 14.2 Å². The third kappa shape index (κ3) is 6.62. The Morgan fingerprint density at radius 2 is 1.58 bits per heavy atom. The Balaban J connectivity index is 1.40. The van der Waals surface area contributed by atoms with Crippen molar-refractivity contribution in [1.82, 2.24) is 9.80 Å². The van der Waals surface area contributed by atoms with Gasteiger partial charge in [-0.15, -0.1) is 0 Å². The maximum Gasteiger partial charge on any atom is 0.411 e. The molecule has 1 fully saturated rings. The molecule has 8 heteroatoms. The van der Waals surface area contributed by atoms with Gasteiger partial charge in [0.2, 0.25) is 0 Å². The lowest BCUT2D eigenvalue weighted by atomic mass is 10.1. The molecule has 1 N–H and O–H groups in total. The monoisotopic (exact) mass is 427 g/mol. The first kappa shape index (κ1) is 22.4. The molecular weight excluding hydrogens is 398 g/mol. The predicted molar refractivity (Wildman–Crippen MR) is 118 cm³/mol. The summed E-state index contributed by atoms with van der Waals surface area (Å²) < 4.78 is 15.8. The number of anilines is 1. The fourth-order valence-electron chi connectivity index (χ4n) is 3.30. The number of methoxy groups -OCH3 is 1. The van der Waals surface area contributed by atoms with Crippen LogP contribution in [0.4, 0.5) is 10.5 Å². The molecule has 1 heterocycles. The predicted octanol–water partition coefficient (Wildman–Crippen LogP) is 3.10. The summed E-state index contributed by atoms with van der Waals surface area (Å²) in [5.41, 5.74) is 1.20. The summed E-state index contributed by atoms with van der Waals surface area (Å²) in [6.45, 7) is 6.41. The molecule has 2 aromatic carbocycles. The minimum atomic E-state index is -0.506. The van der Waals surface area contributed by atoms with Crippen molar-refractivity contribution in [3.8, 4) is 11.5 Å². The van der Waals surface area contributed by atoms with Crippen LogP contribution in [0.2, 0.25) is 0 Å². The van der Waals surface area contributed by atoms with Crippen LogP contribution in [-0.4, -0.2) is 74.8 Å². The Morgan fingerprint density at radius 3 is 2.19 bits per heavy atom. The topological polar surface area (TPSA) is 80.3 Å². The molecule has 0 aliphatic carbocycles. The van der Waals surface area contributed by atoms with E-state index in [-0.39, 0.29) is 5.91 Å². The number of ether oxygens (including phenoxy) is 3. The minimum Gasteiger partial charge on any atom is -0.497 e. The number of piperazine rings is 1. The van der Waals surface area contributed by atoms with Gasteiger partial charge in [-0.1, -0.05) is 0 Å². The van der Waals surface area contributed by atoms with E-state index in [1.165, 1.54) is 0 Å². The SMILES string of the molecule is CCOC(=O)Nc1ccc(C(=O)N2CCN(CCOc3ccc(OC)cc3)CC2)cc1. The summed E-state index contributed by atoms with van der Waals surface area (Å²) in [6.07, 6.45) is -0.506. The van der Waals surface area contributed by atoms with E-state index in [2.05, 4.69) is 10.2 Å². The van der Waals surface area contributed by atoms with E-state index in [1.54, 1.807) is 38.3 Å². The Hall–Kier alpha value is -3.26. The lowest BCUT2D eigenvalue weighted by Gasteiger charge is -2.34. The molecule has 2 amide bonds. The van der Waals surface area contributed by atoms with Crippen LogP contribution >= 0.6 is 0 Å². The number of nitrogens with one attached hydrogen (secondary N) is 1. The van der Waals surface area contributed by atoms with Gasteiger partial charge in [-0.2, -0.15) is 0 Å². The summed E-state index contributed by atoms with van der Waals surface area (Å²) in [4.78, 5) is 28.4. The molecule has 1 aliphatic rings. The standard InChI is InChI=1S/C23H29N3O5/c1-3-30-23(28)24-19-6-4-18(5-7-19)22(27)26-14-12-25(13-15-26)16-17-31-21-10-8-20(29-2)9-11-21/h4-11H,3,12-17H2,1-2H3,(H,24,28). The van der Waals surface area contributed by atoms with Crippen molar-refractivity contribution in [2.45, 2.75) is 6.92 Å². The van der Waals surface area contributed by atoms with Crippen LogP contribution in [-0.2, 0) is 4.74 Å². The minimum absolute atomic E-state index is 0.00295. The highest BCUT2D eigenvalue weighted by atomic mass is 16.5. The molecule has 2 aromatic rings. The molecule has 0 saturated carbocycles. The second-order valence-electron chi connectivity index (χ2n) is 7.08. The number of hydrogen-bond acceptors (Lipinski definition) is 6. The van der Waals surface area contributed by atoms with E-state index in [9.17, 15) is 9.59 Å². The summed E-state index contributed by atoms with van der Waals surface area (Å²) in [7, 11) is 1.64. The second-order valence-corrected chi connectivity index (χ2v) is 7.08. The number of carbonyl (C=O) groups is 2. The van der Waals surface area contributed by atoms with E-state index in [0.717, 1.165) is 31.1 Å². The quantitative estimate of drug-likeness (QED) is 0.697. The van der Waals surface area contributed by atoms with Gasteiger partial charge in [0.15, 0.2) is 0 Å². The Labute approximate surface area is 182 Å². The third-order valence-electron chi connectivity index (χ3n) is 5.05. The number of benzene rings is 2. The van der Waals surface area contributed by atoms with Crippen LogP contribution < -0.4 is 14.8 Å². The fourth-order valence-corrected chi connectivity index (χ4v) is 3.30. The summed E-state index contributed by atoms with van der Waals surface area (Å²) in [5.74, 6) is 1.62. The van der Waals surface area contributed by atoms with Crippen molar-refractivity contribution < 1.29 is 23.8 Å². The summed E-state index contributed by atoms with van der Waals surface area (Å²) in [6, 6.07) is 14.4. The molecule has 166 valence electrons. The third-order valence-corrected chi connectivity index (χ3v) is 5.05. The lowest BCUT2D eigenvalue weighted by molar-refractivity contribution is 0.0620. The van der Waals surface area contributed by atoms with Crippen LogP contribution in [0.3, 0.4) is 0 Å². The molecule has 0 aromatic heterocycles. The zero-order chi connectivity index (χ0) is 22.1. The Bertz CT molecular complexity index is 847. The number of amides is 2. The average molecular weight is 428 g/mol. The maximum atomic E-state index is 12.8. The van der Waals surface area contributed by atoms with Gasteiger partial charge >= 0.3 is 6.09 Å². The van der Waals surface area contributed by atoms with Gasteiger partial charge in [0.25, 0.3) is 5.91 Å². The van der Waals surface area contributed by atoms with Gasteiger partial charge in [-0.3, -0.25) is 15.0 Å². The number of rotatable bonds is 8. The molecule has 0 spiro atoms. The first-order valence-corrected chi connectivity index (χ1v) is 10.4. The summed E-state index contributed by atoms with van der Waals surface area (Å²) >= 11 is 0. The Kier molecular flexibility index (Phi) is 8.12. The van der Waals surface area contributed by atoms with E-state index >= 15 is 0 Å². The molecule has 3 rings (SSSR count). The van der Waals surface area contributed by atoms with Gasteiger partial charge < -0.3 is 19.1 Å². The molecular formula is C23H29N3O5. The van der Waals surface area contributed by atoms with Crippen molar-refractivity contribution >= 4 is 17.7 Å². The molecule has 8 nitrogen and oxygen atoms in total.